The lowest BCUT2D eigenvalue weighted by Gasteiger charge is -2.51. The number of benzene rings is 1. The van der Waals surface area contributed by atoms with Crippen molar-refractivity contribution in [1.29, 1.82) is 0 Å². The number of nitrogens with two attached hydrogens (primary N) is 1. The minimum Gasteiger partial charge on any atom is -0.507 e. The van der Waals surface area contributed by atoms with Gasteiger partial charge < -0.3 is 20.8 Å². The molecule has 4 N–H and O–H groups in total. The van der Waals surface area contributed by atoms with Gasteiger partial charge in [-0.3, -0.25) is 4.79 Å². The van der Waals surface area contributed by atoms with Crippen LogP contribution < -0.4 is 5.73 Å². The van der Waals surface area contributed by atoms with E-state index in [1.807, 2.05) is 26.2 Å². The van der Waals surface area contributed by atoms with E-state index in [0.717, 1.165) is 17.5 Å². The van der Waals surface area contributed by atoms with Crippen molar-refractivity contribution in [1.82, 2.24) is 4.90 Å². The third kappa shape index (κ3) is 2.35. The van der Waals surface area contributed by atoms with E-state index >= 15 is 0 Å². The van der Waals surface area contributed by atoms with Gasteiger partial charge in [-0.1, -0.05) is 25.1 Å². The van der Waals surface area contributed by atoms with Gasteiger partial charge in [-0.25, -0.2) is 0 Å². The molecule has 0 aliphatic heterocycles. The lowest BCUT2D eigenvalue weighted by Crippen LogP contribution is -2.52. The number of fused-ring (bicyclic) bond motifs is 3. The molecular formula is C18H24N2O3. The minimum absolute atomic E-state index is 0.0257. The first-order valence-electron chi connectivity index (χ1n) is 7.93. The van der Waals surface area contributed by atoms with Crippen LogP contribution in [0.5, 0.6) is 5.75 Å². The number of primary amides is 1. The van der Waals surface area contributed by atoms with Crippen molar-refractivity contribution in [3.8, 4) is 5.75 Å². The molecule has 4 atom stereocenters. The van der Waals surface area contributed by atoms with Crippen LogP contribution in [-0.4, -0.2) is 47.3 Å². The Bertz CT molecular complexity index is 683. The largest absolute Gasteiger partial charge is 0.507 e. The van der Waals surface area contributed by atoms with E-state index in [1.54, 1.807) is 6.07 Å². The zero-order valence-electron chi connectivity index (χ0n) is 13.8. The summed E-state index contributed by atoms with van der Waals surface area (Å²) in [6, 6.07) is 3.76. The maximum Gasteiger partial charge on any atom is 0.252 e. The topological polar surface area (TPSA) is 86.8 Å². The monoisotopic (exact) mass is 316 g/mol. The third-order valence-corrected chi connectivity index (χ3v) is 5.52. The first-order valence-corrected chi connectivity index (χ1v) is 7.93. The molecule has 0 aromatic heterocycles. The van der Waals surface area contributed by atoms with E-state index in [0.29, 0.717) is 6.42 Å². The number of rotatable bonds is 2. The highest BCUT2D eigenvalue weighted by Crippen LogP contribution is 2.52. The summed E-state index contributed by atoms with van der Waals surface area (Å²) in [6.45, 7) is 2.06. The van der Waals surface area contributed by atoms with E-state index in [1.165, 1.54) is 0 Å². The molecule has 3 unspecified atom stereocenters. The summed E-state index contributed by atoms with van der Waals surface area (Å²) >= 11 is 0. The minimum atomic E-state index is -0.632. The fraction of sp³-hybridized carbons (Fsp3) is 0.500. The molecular weight excluding hydrogens is 292 g/mol. The van der Waals surface area contributed by atoms with E-state index < -0.39 is 17.4 Å². The highest BCUT2D eigenvalue weighted by atomic mass is 16.3. The molecule has 0 bridgehead atoms. The van der Waals surface area contributed by atoms with Crippen LogP contribution in [0.3, 0.4) is 0 Å². The molecule has 0 heterocycles. The predicted octanol–water partition coefficient (Wildman–Crippen LogP) is 1.17. The Balaban J connectivity index is 2.24. The number of aliphatic hydroxyl groups excluding tert-OH is 1. The van der Waals surface area contributed by atoms with Crippen LogP contribution >= 0.6 is 0 Å². The summed E-state index contributed by atoms with van der Waals surface area (Å²) in [5.41, 5.74) is 6.89. The number of hydrogen-bond donors (Lipinski definition) is 3. The number of likely N-dealkylation sites (N-methyl/N-ethyl adjacent to an activating group) is 1. The molecule has 1 aromatic carbocycles. The lowest BCUT2D eigenvalue weighted by atomic mass is 9.57. The van der Waals surface area contributed by atoms with E-state index in [9.17, 15) is 15.0 Å². The lowest BCUT2D eigenvalue weighted by molar-refractivity contribution is 0.0897. The molecule has 2 aliphatic carbocycles. The molecule has 0 radical (unpaired) electrons. The molecule has 3 rings (SSSR count). The second-order valence-corrected chi connectivity index (χ2v) is 7.19. The summed E-state index contributed by atoms with van der Waals surface area (Å²) in [6.07, 6.45) is 4.64. The van der Waals surface area contributed by atoms with Crippen LogP contribution in [-0.2, 0) is 11.8 Å². The molecule has 124 valence electrons. The number of amides is 1. The molecule has 2 aliphatic rings. The number of nitrogens with zero attached hydrogens (tertiary/aromatic N) is 1. The molecule has 5 heteroatoms. The number of aromatic hydroxyl groups is 1. The van der Waals surface area contributed by atoms with Gasteiger partial charge in [-0.2, -0.15) is 0 Å². The number of carbonyl (C=O) groups is 1. The van der Waals surface area contributed by atoms with Crippen LogP contribution in [0.1, 0.15) is 34.8 Å². The fourth-order valence-electron chi connectivity index (χ4n) is 4.42. The summed E-state index contributed by atoms with van der Waals surface area (Å²) in [4.78, 5) is 13.8. The van der Waals surface area contributed by atoms with Gasteiger partial charge in [0.15, 0.2) is 0 Å². The molecule has 1 aromatic rings. The number of phenols is 1. The average molecular weight is 316 g/mol. The highest BCUT2D eigenvalue weighted by molar-refractivity contribution is 5.96. The van der Waals surface area contributed by atoms with Crippen molar-refractivity contribution >= 4 is 5.91 Å². The van der Waals surface area contributed by atoms with Crippen molar-refractivity contribution < 1.29 is 15.0 Å². The third-order valence-electron chi connectivity index (χ3n) is 5.52. The van der Waals surface area contributed by atoms with Crippen molar-refractivity contribution in [3.63, 3.8) is 0 Å². The van der Waals surface area contributed by atoms with Gasteiger partial charge in [0, 0.05) is 22.9 Å². The zero-order valence-corrected chi connectivity index (χ0v) is 13.8. The Morgan fingerprint density at radius 1 is 1.35 bits per heavy atom. The Morgan fingerprint density at radius 2 is 2.04 bits per heavy atom. The number of aliphatic hydroxyl groups is 1. The molecule has 0 saturated carbocycles. The molecule has 1 amide bonds. The normalized spacial score (nSPS) is 32.5. The highest BCUT2D eigenvalue weighted by Gasteiger charge is 2.49. The van der Waals surface area contributed by atoms with E-state index in [-0.39, 0.29) is 23.3 Å². The molecule has 5 nitrogen and oxygen atoms in total. The van der Waals surface area contributed by atoms with Crippen molar-refractivity contribution in [2.75, 3.05) is 14.1 Å². The average Bonchev–Trinajstić information content (AvgIpc) is 2.44. The Kier molecular flexibility index (Phi) is 3.73. The second-order valence-electron chi connectivity index (χ2n) is 7.19. The van der Waals surface area contributed by atoms with Gasteiger partial charge in [-0.15, -0.1) is 0 Å². The van der Waals surface area contributed by atoms with Crippen LogP contribution in [0.2, 0.25) is 0 Å². The van der Waals surface area contributed by atoms with Gasteiger partial charge in [0.2, 0.25) is 0 Å². The fourth-order valence-corrected chi connectivity index (χ4v) is 4.42. The number of hydrogen-bond acceptors (Lipinski definition) is 4. The van der Waals surface area contributed by atoms with Gasteiger partial charge >= 0.3 is 0 Å². The van der Waals surface area contributed by atoms with Crippen molar-refractivity contribution in [2.24, 2.45) is 11.7 Å². The molecule has 0 spiro atoms. The molecule has 0 saturated heterocycles. The smallest absolute Gasteiger partial charge is 0.252 e. The van der Waals surface area contributed by atoms with E-state index in [4.69, 9.17) is 5.73 Å². The zero-order chi connectivity index (χ0) is 16.9. The first-order chi connectivity index (χ1) is 10.8. The first kappa shape index (κ1) is 16.0. The SMILES string of the molecule is CN(C)[C@@H]1Cc2ccc(C(N)=O)c(O)c2C2(C)CC(O)C=CC12. The molecule has 0 fully saturated rings. The van der Waals surface area contributed by atoms with E-state index in [2.05, 4.69) is 17.9 Å². The maximum absolute atomic E-state index is 11.6. The Labute approximate surface area is 136 Å². The summed E-state index contributed by atoms with van der Waals surface area (Å²) in [5, 5.41) is 20.9. The van der Waals surface area contributed by atoms with Crippen LogP contribution in [0, 0.1) is 5.92 Å². The predicted molar refractivity (Wildman–Crippen MR) is 88.4 cm³/mol. The van der Waals surface area contributed by atoms with Gasteiger partial charge in [0.05, 0.1) is 11.7 Å². The van der Waals surface area contributed by atoms with Crippen LogP contribution in [0.25, 0.3) is 0 Å². The van der Waals surface area contributed by atoms with Gasteiger partial charge in [0.25, 0.3) is 5.91 Å². The standard InChI is InChI=1S/C18H24N2O3/c1-18-9-11(21)5-7-13(18)14(20(2)3)8-10-4-6-12(17(19)23)16(22)15(10)18/h4-7,11,13-14,21-22H,8-9H2,1-3H3,(H2,19,23)/t11?,13?,14-,18?/m1/s1. The maximum atomic E-state index is 11.6. The molecule has 23 heavy (non-hydrogen) atoms. The van der Waals surface area contributed by atoms with Gasteiger partial charge in [0.1, 0.15) is 5.75 Å². The van der Waals surface area contributed by atoms with Crippen molar-refractivity contribution in [2.45, 2.75) is 37.3 Å². The van der Waals surface area contributed by atoms with Crippen LogP contribution in [0.15, 0.2) is 24.3 Å². The summed E-state index contributed by atoms with van der Waals surface area (Å²) in [5.74, 6) is -0.503. The second kappa shape index (κ2) is 5.35. The Hall–Kier alpha value is -1.85. The van der Waals surface area contributed by atoms with Crippen molar-refractivity contribution in [3.05, 3.63) is 41.0 Å². The summed E-state index contributed by atoms with van der Waals surface area (Å²) < 4.78 is 0. The quantitative estimate of drug-likeness (QED) is 0.715. The van der Waals surface area contributed by atoms with Crippen LogP contribution in [0.4, 0.5) is 0 Å². The van der Waals surface area contributed by atoms with Gasteiger partial charge in [-0.05, 0) is 38.6 Å². The summed E-state index contributed by atoms with van der Waals surface area (Å²) in [7, 11) is 4.10. The number of carbonyl (C=O) groups excluding carboxylic acids is 1. The Morgan fingerprint density at radius 3 is 2.65 bits per heavy atom.